The van der Waals surface area contributed by atoms with Crippen molar-refractivity contribution in [3.8, 4) is 0 Å². The fourth-order valence-electron chi connectivity index (χ4n) is 2.38. The molecule has 52 valence electrons. The van der Waals surface area contributed by atoms with Gasteiger partial charge in [0.05, 0.1) is 0 Å². The lowest BCUT2D eigenvalue weighted by Gasteiger charge is -2.24. The van der Waals surface area contributed by atoms with Gasteiger partial charge in [-0.1, -0.05) is 22.4 Å². The molecule has 2 fully saturated rings. The number of alkyl halides is 1. The molecule has 0 aromatic carbocycles. The lowest BCUT2D eigenvalue weighted by Crippen LogP contribution is -2.19. The van der Waals surface area contributed by atoms with Crippen LogP contribution in [-0.2, 0) is 0 Å². The molecule has 0 heterocycles. The fraction of sp³-hybridized carbons (Fsp3) is 1.00. The van der Waals surface area contributed by atoms with Crippen LogP contribution in [0.4, 0.5) is 0 Å². The fourth-order valence-corrected chi connectivity index (χ4v) is 3.44. The third-order valence-corrected chi connectivity index (χ3v) is 4.45. The van der Waals surface area contributed by atoms with E-state index >= 15 is 0 Å². The van der Waals surface area contributed by atoms with Crippen molar-refractivity contribution < 1.29 is 0 Å². The predicted octanol–water partition coefficient (Wildman–Crippen LogP) is 2.96. The van der Waals surface area contributed by atoms with Crippen molar-refractivity contribution in [3.63, 3.8) is 0 Å². The van der Waals surface area contributed by atoms with Gasteiger partial charge in [-0.25, -0.2) is 0 Å². The second kappa shape index (κ2) is 2.26. The minimum Gasteiger partial charge on any atom is -0.0885 e. The Bertz CT molecular complexity index is 95.1. The highest BCUT2D eigenvalue weighted by Crippen LogP contribution is 2.45. The van der Waals surface area contributed by atoms with Crippen LogP contribution in [0, 0.1) is 11.8 Å². The van der Waals surface area contributed by atoms with E-state index < -0.39 is 0 Å². The summed E-state index contributed by atoms with van der Waals surface area (Å²) in [5.41, 5.74) is 0. The quantitative estimate of drug-likeness (QED) is 0.514. The van der Waals surface area contributed by atoms with Gasteiger partial charge in [-0.05, 0) is 37.5 Å². The first-order valence-electron chi connectivity index (χ1n) is 4.02. The van der Waals surface area contributed by atoms with E-state index in [0.29, 0.717) is 0 Å². The first kappa shape index (κ1) is 6.21. The standard InChI is InChI=1S/C8H13Br/c9-8-6-2-1-3-7(8)5-4-6/h6-8H,1-5H2. The summed E-state index contributed by atoms with van der Waals surface area (Å²) in [7, 11) is 0. The molecule has 0 radical (unpaired) electrons. The van der Waals surface area contributed by atoms with Crippen LogP contribution in [0.3, 0.4) is 0 Å². The van der Waals surface area contributed by atoms with E-state index in [1.807, 2.05) is 0 Å². The summed E-state index contributed by atoms with van der Waals surface area (Å²) >= 11 is 3.78. The van der Waals surface area contributed by atoms with Crippen molar-refractivity contribution >= 4 is 15.9 Å². The molecule has 1 heteroatoms. The van der Waals surface area contributed by atoms with E-state index in [1.165, 1.54) is 32.1 Å². The molecule has 9 heavy (non-hydrogen) atoms. The topological polar surface area (TPSA) is 0 Å². The molecule has 2 aliphatic rings. The van der Waals surface area contributed by atoms with Crippen LogP contribution in [-0.4, -0.2) is 4.83 Å². The van der Waals surface area contributed by atoms with E-state index in [4.69, 9.17) is 0 Å². The van der Waals surface area contributed by atoms with Crippen molar-refractivity contribution in [2.45, 2.75) is 36.9 Å². The molecule has 2 unspecified atom stereocenters. The van der Waals surface area contributed by atoms with Gasteiger partial charge in [0.2, 0.25) is 0 Å². The summed E-state index contributed by atoms with van der Waals surface area (Å²) in [6.45, 7) is 0. The average molecular weight is 189 g/mol. The molecule has 0 aromatic rings. The minimum atomic E-state index is 0.895. The van der Waals surface area contributed by atoms with Crippen molar-refractivity contribution in [2.24, 2.45) is 11.8 Å². The maximum atomic E-state index is 3.78. The molecule has 2 saturated carbocycles. The Morgan fingerprint density at radius 3 is 1.89 bits per heavy atom. The normalized spacial score (nSPS) is 49.7. The van der Waals surface area contributed by atoms with Gasteiger partial charge in [0.15, 0.2) is 0 Å². The molecular formula is C8H13Br. The molecule has 0 N–H and O–H groups in total. The molecule has 0 aromatic heterocycles. The van der Waals surface area contributed by atoms with Crippen molar-refractivity contribution in [1.29, 1.82) is 0 Å². The Kier molecular flexibility index (Phi) is 1.56. The molecule has 0 saturated heterocycles. The number of rotatable bonds is 0. The zero-order chi connectivity index (χ0) is 6.27. The highest BCUT2D eigenvalue weighted by molar-refractivity contribution is 9.09. The molecule has 0 aliphatic heterocycles. The summed E-state index contributed by atoms with van der Waals surface area (Å²) in [4.78, 5) is 0.895. The second-order valence-electron chi connectivity index (χ2n) is 3.47. The molecule has 0 nitrogen and oxygen atoms in total. The minimum absolute atomic E-state index is 0.895. The van der Waals surface area contributed by atoms with Crippen LogP contribution in [0.1, 0.15) is 32.1 Å². The lowest BCUT2D eigenvalue weighted by atomic mass is 9.89. The van der Waals surface area contributed by atoms with Gasteiger partial charge in [-0.15, -0.1) is 0 Å². The maximum Gasteiger partial charge on any atom is 0.0202 e. The predicted molar refractivity (Wildman–Crippen MR) is 42.8 cm³/mol. The first-order valence-corrected chi connectivity index (χ1v) is 4.93. The molecule has 0 amide bonds. The van der Waals surface area contributed by atoms with Gasteiger partial charge in [-0.2, -0.15) is 0 Å². The first-order chi connectivity index (χ1) is 4.38. The van der Waals surface area contributed by atoms with Crippen molar-refractivity contribution in [2.75, 3.05) is 0 Å². The zero-order valence-electron chi connectivity index (χ0n) is 5.65. The molecule has 0 spiro atoms. The van der Waals surface area contributed by atoms with Crippen LogP contribution in [0.15, 0.2) is 0 Å². The lowest BCUT2D eigenvalue weighted by molar-refractivity contribution is 0.378. The molecule has 2 rings (SSSR count). The van der Waals surface area contributed by atoms with Gasteiger partial charge in [0, 0.05) is 4.83 Å². The molecule has 2 atom stereocenters. The smallest absolute Gasteiger partial charge is 0.0202 e. The van der Waals surface area contributed by atoms with Gasteiger partial charge in [-0.3, -0.25) is 0 Å². The van der Waals surface area contributed by atoms with Gasteiger partial charge in [0.1, 0.15) is 0 Å². The highest BCUT2D eigenvalue weighted by atomic mass is 79.9. The Morgan fingerprint density at radius 1 is 0.889 bits per heavy atom. The average Bonchev–Trinajstić information content (AvgIpc) is 2.19. The second-order valence-corrected chi connectivity index (χ2v) is 4.53. The Labute approximate surface area is 65.1 Å². The van der Waals surface area contributed by atoms with Crippen LogP contribution in [0.5, 0.6) is 0 Å². The Morgan fingerprint density at radius 2 is 1.44 bits per heavy atom. The van der Waals surface area contributed by atoms with Crippen molar-refractivity contribution in [1.82, 2.24) is 0 Å². The number of halogens is 1. The summed E-state index contributed by atoms with van der Waals surface area (Å²) in [6, 6.07) is 0. The zero-order valence-corrected chi connectivity index (χ0v) is 7.23. The van der Waals surface area contributed by atoms with E-state index in [0.717, 1.165) is 16.7 Å². The van der Waals surface area contributed by atoms with Gasteiger partial charge < -0.3 is 0 Å². The summed E-state index contributed by atoms with van der Waals surface area (Å²) in [5, 5.41) is 0. The number of fused-ring (bicyclic) bond motifs is 2. The Balaban J connectivity index is 2.10. The summed E-state index contributed by atoms with van der Waals surface area (Å²) < 4.78 is 0. The van der Waals surface area contributed by atoms with Crippen LogP contribution >= 0.6 is 15.9 Å². The van der Waals surface area contributed by atoms with E-state index in [-0.39, 0.29) is 0 Å². The largest absolute Gasteiger partial charge is 0.0885 e. The van der Waals surface area contributed by atoms with Gasteiger partial charge in [0.25, 0.3) is 0 Å². The molecule has 2 aliphatic carbocycles. The van der Waals surface area contributed by atoms with E-state index in [1.54, 1.807) is 0 Å². The maximum absolute atomic E-state index is 3.78. The van der Waals surface area contributed by atoms with Crippen molar-refractivity contribution in [3.05, 3.63) is 0 Å². The summed E-state index contributed by atoms with van der Waals surface area (Å²) in [6.07, 6.45) is 7.48. The highest BCUT2D eigenvalue weighted by Gasteiger charge is 2.36. The number of hydrogen-bond donors (Lipinski definition) is 0. The third kappa shape index (κ3) is 0.938. The van der Waals surface area contributed by atoms with Crippen LogP contribution < -0.4 is 0 Å². The van der Waals surface area contributed by atoms with Crippen LogP contribution in [0.2, 0.25) is 0 Å². The summed E-state index contributed by atoms with van der Waals surface area (Å²) in [5.74, 6) is 2.09. The molecular weight excluding hydrogens is 176 g/mol. The monoisotopic (exact) mass is 188 g/mol. The third-order valence-electron chi connectivity index (χ3n) is 2.96. The van der Waals surface area contributed by atoms with Gasteiger partial charge >= 0.3 is 0 Å². The van der Waals surface area contributed by atoms with E-state index in [2.05, 4.69) is 15.9 Å². The van der Waals surface area contributed by atoms with Crippen LogP contribution in [0.25, 0.3) is 0 Å². The number of hydrogen-bond acceptors (Lipinski definition) is 0. The Hall–Kier alpha value is 0.480. The van der Waals surface area contributed by atoms with E-state index in [9.17, 15) is 0 Å². The molecule has 2 bridgehead atoms. The SMILES string of the molecule is BrC1C2CCCC1CC2.